The van der Waals surface area contributed by atoms with Crippen LogP contribution in [-0.2, 0) is 6.54 Å². The summed E-state index contributed by atoms with van der Waals surface area (Å²) in [5.74, 6) is -4.02. The molecule has 3 heterocycles. The van der Waals surface area contributed by atoms with Crippen LogP contribution in [0.25, 0.3) is 44.5 Å². The van der Waals surface area contributed by atoms with Gasteiger partial charge >= 0.3 is 17.3 Å². The van der Waals surface area contributed by atoms with E-state index in [1.807, 2.05) is 19.1 Å². The summed E-state index contributed by atoms with van der Waals surface area (Å²) < 4.78 is 31.7. The van der Waals surface area contributed by atoms with Gasteiger partial charge in [0.15, 0.2) is 17.1 Å². The predicted molar refractivity (Wildman–Crippen MR) is 199 cm³/mol. The molecule has 0 bridgehead atoms. The summed E-state index contributed by atoms with van der Waals surface area (Å²) in [6.45, 7) is 4.05. The van der Waals surface area contributed by atoms with Crippen LogP contribution in [0.5, 0.6) is 5.75 Å². The van der Waals surface area contributed by atoms with Crippen LogP contribution in [0.15, 0.2) is 106 Å². The number of fused-ring (bicyclic) bond motifs is 9. The molecule has 16 heteroatoms. The van der Waals surface area contributed by atoms with Gasteiger partial charge in [0.25, 0.3) is 11.6 Å². The van der Waals surface area contributed by atoms with Crippen molar-refractivity contribution < 1.29 is 43.3 Å². The molecule has 0 aliphatic heterocycles. The van der Waals surface area contributed by atoms with E-state index in [-0.39, 0.29) is 39.8 Å². The van der Waals surface area contributed by atoms with E-state index < -0.39 is 47.6 Å². The zero-order chi connectivity index (χ0) is 40.0. The van der Waals surface area contributed by atoms with Gasteiger partial charge in [-0.05, 0) is 6.92 Å². The molecule has 0 amide bonds. The molecule has 9 rings (SSSR count). The highest BCUT2D eigenvalue weighted by atomic mass is 79.9. The number of oxazole rings is 3. The average Bonchev–Trinajstić information content (AvgIpc) is 3.87. The van der Waals surface area contributed by atoms with Crippen molar-refractivity contribution in [3.8, 4) is 28.4 Å². The van der Waals surface area contributed by atoms with E-state index in [1.165, 1.54) is 16.7 Å². The van der Waals surface area contributed by atoms with E-state index in [2.05, 4.69) is 25.9 Å². The first-order valence-corrected chi connectivity index (χ1v) is 17.0. The first-order valence-electron chi connectivity index (χ1n) is 16.6. The van der Waals surface area contributed by atoms with Crippen LogP contribution in [-0.4, -0.2) is 55.3 Å². The van der Waals surface area contributed by atoms with E-state index in [4.69, 9.17) is 14.6 Å². The van der Waals surface area contributed by atoms with E-state index in [9.17, 15) is 43.1 Å². The molecule has 0 saturated carbocycles. The number of rotatable bonds is 1. The van der Waals surface area contributed by atoms with Crippen LogP contribution in [0.3, 0.4) is 0 Å². The SMILES string of the molecule is CCBr.CCn1c2c(oc1=O)-c1ccccc1C(=O)C2=O.O=C1C(=O)c2[nH]c(=O)oc2-c2ccccc21.O=c1[nH]c2cc(O)c3ccccc3c2o1.[2H]CF. The largest absolute Gasteiger partial charge is 0.507 e. The van der Waals surface area contributed by atoms with Crippen LogP contribution in [0.2, 0.25) is 0 Å². The highest BCUT2D eigenvalue weighted by Crippen LogP contribution is 2.34. The molecule has 3 N–H and O–H groups in total. The molecular weight excluding hydrogens is 773 g/mol. The van der Waals surface area contributed by atoms with Crippen molar-refractivity contribution in [3.63, 3.8) is 0 Å². The van der Waals surface area contributed by atoms with Crippen LogP contribution in [0.4, 0.5) is 4.39 Å². The Morgan fingerprint density at radius 3 is 1.80 bits per heavy atom. The summed E-state index contributed by atoms with van der Waals surface area (Å²) in [5, 5.41) is 12.2. The quantitative estimate of drug-likeness (QED) is 0.120. The third-order valence-electron chi connectivity index (χ3n) is 7.95. The Morgan fingerprint density at radius 2 is 1.20 bits per heavy atom. The van der Waals surface area contributed by atoms with Crippen molar-refractivity contribution in [3.05, 3.63) is 133 Å². The molecule has 0 unspecified atom stereocenters. The van der Waals surface area contributed by atoms with Gasteiger partial charge in [0.1, 0.15) is 17.1 Å². The van der Waals surface area contributed by atoms with Crippen LogP contribution in [0, 0.1) is 0 Å². The Morgan fingerprint density at radius 1 is 0.704 bits per heavy atom. The molecule has 7 aromatic rings. The van der Waals surface area contributed by atoms with Gasteiger partial charge in [-0.3, -0.25) is 38.1 Å². The number of H-pyrrole nitrogens is 2. The van der Waals surface area contributed by atoms with E-state index >= 15 is 0 Å². The van der Waals surface area contributed by atoms with Gasteiger partial charge in [-0.2, -0.15) is 0 Å². The summed E-state index contributed by atoms with van der Waals surface area (Å²) in [4.78, 5) is 85.7. The van der Waals surface area contributed by atoms with Gasteiger partial charge in [0.2, 0.25) is 11.6 Å². The third-order valence-corrected chi connectivity index (χ3v) is 7.95. The Labute approximate surface area is 312 Å². The number of aromatic nitrogens is 3. The number of nitrogens with zero attached hydrogens (tertiary/aromatic N) is 1. The molecule has 3 aromatic heterocycles. The second kappa shape index (κ2) is 16.3. The molecule has 0 saturated heterocycles. The lowest BCUT2D eigenvalue weighted by Crippen LogP contribution is -2.26. The fourth-order valence-electron chi connectivity index (χ4n) is 5.76. The minimum atomic E-state index is -1.00. The number of aromatic amines is 2. The summed E-state index contributed by atoms with van der Waals surface area (Å²) >= 11 is 3.15. The van der Waals surface area contributed by atoms with Crippen molar-refractivity contribution in [2.75, 3.05) is 12.5 Å². The molecular formula is C38H29BrFN3O11. The van der Waals surface area contributed by atoms with Gasteiger partial charge in [0.05, 0.1) is 14.0 Å². The number of hydrogen-bond donors (Lipinski definition) is 3. The first kappa shape index (κ1) is 37.1. The number of carbonyl (C=O) groups excluding carboxylic acids is 4. The number of alkyl halides is 2. The van der Waals surface area contributed by atoms with Crippen molar-refractivity contribution in [2.45, 2.75) is 20.4 Å². The summed E-state index contributed by atoms with van der Waals surface area (Å²) in [5.41, 5.74) is 2.51. The Bertz CT molecular complexity index is 2770. The fourth-order valence-corrected chi connectivity index (χ4v) is 5.76. The number of carbonyl (C=O) groups is 4. The molecule has 4 aromatic carbocycles. The van der Waals surface area contributed by atoms with Crippen molar-refractivity contribution >= 4 is 60.9 Å². The predicted octanol–water partition coefficient (Wildman–Crippen LogP) is 6.49. The summed E-state index contributed by atoms with van der Waals surface area (Å²) in [6, 6.07) is 21.9. The lowest BCUT2D eigenvalue weighted by Gasteiger charge is -2.13. The topological polar surface area (TPSA) is 216 Å². The minimum Gasteiger partial charge on any atom is -0.507 e. The van der Waals surface area contributed by atoms with Gasteiger partial charge in [0, 0.05) is 51.0 Å². The number of Topliss-reactive ketones (excluding diaryl/α,β-unsaturated/α-hetero) is 4. The smallest absolute Gasteiger partial charge is 0.420 e. The number of hydrogen-bond acceptors (Lipinski definition) is 11. The number of phenols is 1. The van der Waals surface area contributed by atoms with Gasteiger partial charge in [-0.15, -0.1) is 0 Å². The molecule has 0 atom stereocenters. The zero-order valence-corrected chi connectivity index (χ0v) is 29.9. The highest BCUT2D eigenvalue weighted by Gasteiger charge is 2.36. The summed E-state index contributed by atoms with van der Waals surface area (Å²) in [6.07, 6.45) is 0. The normalized spacial score (nSPS) is 12.3. The number of benzene rings is 4. The molecule has 0 fully saturated rings. The number of ketones is 4. The van der Waals surface area contributed by atoms with Crippen LogP contribution in [0.1, 0.15) is 56.9 Å². The lowest BCUT2D eigenvalue weighted by atomic mass is 9.91. The molecule has 2 aliphatic carbocycles. The second-order valence-corrected chi connectivity index (χ2v) is 12.1. The second-order valence-electron chi connectivity index (χ2n) is 11.0. The fraction of sp³-hybridized carbons (Fsp3) is 0.132. The minimum absolute atomic E-state index is 0.0613. The molecule has 0 radical (unpaired) electrons. The Kier molecular flexibility index (Phi) is 11.2. The van der Waals surface area contributed by atoms with E-state index in [0.717, 1.165) is 10.7 Å². The number of halogens is 2. The number of aromatic hydroxyl groups is 1. The first-order chi connectivity index (χ1) is 26.4. The molecule has 54 heavy (non-hydrogen) atoms. The molecule has 0 spiro atoms. The zero-order valence-electron chi connectivity index (χ0n) is 29.4. The Balaban J connectivity index is 0.000000148. The maximum Gasteiger partial charge on any atom is 0.420 e. The highest BCUT2D eigenvalue weighted by molar-refractivity contribution is 9.09. The van der Waals surface area contributed by atoms with Gasteiger partial charge < -0.3 is 18.4 Å². The van der Waals surface area contributed by atoms with Gasteiger partial charge in [-0.25, -0.2) is 14.4 Å². The van der Waals surface area contributed by atoms with Crippen LogP contribution < -0.4 is 17.3 Å². The maximum atomic E-state index is 12.0. The molecule has 14 nitrogen and oxygen atoms in total. The lowest BCUT2D eigenvalue weighted by molar-refractivity contribution is 0.0809. The average molecular weight is 804 g/mol. The van der Waals surface area contributed by atoms with Crippen molar-refractivity contribution in [2.24, 2.45) is 0 Å². The van der Waals surface area contributed by atoms with E-state index in [1.54, 1.807) is 61.5 Å². The maximum absolute atomic E-state index is 12.0. The van der Waals surface area contributed by atoms with Crippen molar-refractivity contribution in [1.29, 1.82) is 0 Å². The number of phenolic OH excluding ortho intramolecular Hbond substituents is 1. The summed E-state index contributed by atoms with van der Waals surface area (Å²) in [7, 11) is -1.00. The molecule has 276 valence electrons. The van der Waals surface area contributed by atoms with Crippen LogP contribution >= 0.6 is 15.9 Å². The van der Waals surface area contributed by atoms with E-state index in [0.29, 0.717) is 34.2 Å². The Hall–Kier alpha value is -6.68. The number of nitrogens with one attached hydrogen (secondary N) is 2. The monoisotopic (exact) mass is 802 g/mol. The standard InChI is InChI=1S/C13H9NO4.C11H5NO4.C11H7NO3.C2H5Br.CH3F/c1-2-14-9-11(16)10(15)7-5-3-4-6-8(7)12(9)18-13(14)17;13-8-5-3-1-2-4-6(5)10-7(9(8)14)12-11(15)16-10;13-9-5-8-10(15-11(14)12-8)7-4-2-1-3-6(7)9;1-2-3;1-2/h3-6H,2H2,1H3;1-4H,(H,12,15);1-5,13H,(H,12,14);2H2,1H3;1H3/i;;;;1D. The third kappa shape index (κ3) is 7.06. The molecule has 2 aliphatic rings. The van der Waals surface area contributed by atoms with Gasteiger partial charge in [-0.1, -0.05) is 95.7 Å². The van der Waals surface area contributed by atoms with Crippen molar-refractivity contribution in [1.82, 2.24) is 14.5 Å².